The van der Waals surface area contributed by atoms with Crippen molar-refractivity contribution < 1.29 is 28.5 Å². The summed E-state index contributed by atoms with van der Waals surface area (Å²) in [7, 11) is 5.89. The Morgan fingerprint density at radius 1 is 1.06 bits per heavy atom. The van der Waals surface area contributed by atoms with E-state index in [9.17, 15) is 9.59 Å². The van der Waals surface area contributed by atoms with Gasteiger partial charge in [0, 0.05) is 0 Å². The number of rotatable bonds is 7. The zero-order valence-corrected chi connectivity index (χ0v) is 20.3. The fraction of sp³-hybridized carbons (Fsp3) is 0.227. The fourth-order valence-electron chi connectivity index (χ4n) is 3.16. The van der Waals surface area contributed by atoms with Gasteiger partial charge in [0.05, 0.1) is 38.6 Å². The van der Waals surface area contributed by atoms with Gasteiger partial charge in [0.15, 0.2) is 16.6 Å². The first-order valence-corrected chi connectivity index (χ1v) is 10.5. The van der Waals surface area contributed by atoms with E-state index in [1.165, 1.54) is 31.1 Å². The third-order valence-corrected chi connectivity index (χ3v) is 5.73. The maximum atomic E-state index is 13.4. The molecule has 0 atom stereocenters. The smallest absolute Gasteiger partial charge is 0.325 e. The normalized spacial score (nSPS) is 14.7. The number of carbonyl (C=O) groups excluding carboxylic acids is 2. The van der Waals surface area contributed by atoms with Crippen LogP contribution in [-0.4, -0.2) is 56.9 Å². The molecule has 0 aromatic heterocycles. The van der Waals surface area contributed by atoms with Crippen molar-refractivity contribution in [2.45, 2.75) is 0 Å². The van der Waals surface area contributed by atoms with Crippen LogP contribution in [0.3, 0.4) is 0 Å². The lowest BCUT2D eigenvalue weighted by Crippen LogP contribution is -2.35. The number of ether oxygens (including phenoxy) is 4. The zero-order chi connectivity index (χ0) is 23.4. The second-order valence-corrected chi connectivity index (χ2v) is 7.77. The number of halogens is 1. The maximum Gasteiger partial charge on any atom is 0.325 e. The Hall–Kier alpha value is -3.11. The summed E-state index contributed by atoms with van der Waals surface area (Å²) in [6.07, 6.45) is 1.63. The van der Waals surface area contributed by atoms with Crippen molar-refractivity contribution in [3.63, 3.8) is 0 Å². The molecular formula is C22H21BrN2O6S. The Kier molecular flexibility index (Phi) is 7.37. The number of benzene rings is 2. The van der Waals surface area contributed by atoms with E-state index in [1.54, 1.807) is 49.6 Å². The van der Waals surface area contributed by atoms with Gasteiger partial charge in [0.2, 0.25) is 0 Å². The largest absolute Gasteiger partial charge is 0.497 e. The summed E-state index contributed by atoms with van der Waals surface area (Å²) in [6.45, 7) is -0.214. The number of nitrogens with zero attached hydrogens (tertiary/aromatic N) is 2. The lowest BCUT2D eigenvalue weighted by molar-refractivity contribution is -0.140. The first kappa shape index (κ1) is 23.6. The van der Waals surface area contributed by atoms with Gasteiger partial charge in [0.25, 0.3) is 5.91 Å². The van der Waals surface area contributed by atoms with Crippen molar-refractivity contribution in [3.8, 4) is 17.2 Å². The molecule has 0 aliphatic carbocycles. The van der Waals surface area contributed by atoms with Crippen LogP contribution in [0.15, 0.2) is 46.6 Å². The molecule has 0 bridgehead atoms. The van der Waals surface area contributed by atoms with E-state index in [0.717, 1.165) is 0 Å². The molecule has 1 saturated heterocycles. The number of carbonyl (C=O) groups is 2. The Morgan fingerprint density at radius 3 is 2.31 bits per heavy atom. The van der Waals surface area contributed by atoms with E-state index in [1.807, 2.05) is 0 Å². The van der Waals surface area contributed by atoms with Crippen molar-refractivity contribution >= 4 is 56.9 Å². The molecule has 32 heavy (non-hydrogen) atoms. The maximum absolute atomic E-state index is 13.4. The number of anilines is 1. The van der Waals surface area contributed by atoms with Gasteiger partial charge in [-0.05, 0) is 76.2 Å². The second kappa shape index (κ2) is 10.0. The molecule has 3 rings (SSSR count). The molecule has 0 saturated carbocycles. The topological polar surface area (TPSA) is 77.5 Å². The highest BCUT2D eigenvalue weighted by Gasteiger charge is 2.40. The van der Waals surface area contributed by atoms with E-state index < -0.39 is 5.97 Å². The second-order valence-electron chi connectivity index (χ2n) is 6.55. The highest BCUT2D eigenvalue weighted by molar-refractivity contribution is 9.10. The predicted molar refractivity (Wildman–Crippen MR) is 127 cm³/mol. The monoisotopic (exact) mass is 520 g/mol. The van der Waals surface area contributed by atoms with Gasteiger partial charge in [-0.1, -0.05) is 0 Å². The van der Waals surface area contributed by atoms with Gasteiger partial charge < -0.3 is 23.8 Å². The lowest BCUT2D eigenvalue weighted by atomic mass is 10.1. The molecular weight excluding hydrogens is 500 g/mol. The molecule has 0 unspecified atom stereocenters. The van der Waals surface area contributed by atoms with Crippen LogP contribution in [-0.2, 0) is 14.3 Å². The van der Waals surface area contributed by atoms with E-state index in [-0.39, 0.29) is 23.3 Å². The summed E-state index contributed by atoms with van der Waals surface area (Å²) < 4.78 is 21.3. The number of thiocarbonyl (C=S) groups is 1. The molecule has 8 nitrogen and oxygen atoms in total. The molecule has 0 N–H and O–H groups in total. The Bertz CT molecular complexity index is 1090. The number of hydrogen-bond donors (Lipinski definition) is 0. The Labute approximate surface area is 199 Å². The van der Waals surface area contributed by atoms with Gasteiger partial charge in [-0.2, -0.15) is 0 Å². The van der Waals surface area contributed by atoms with Crippen LogP contribution < -0.4 is 19.1 Å². The van der Waals surface area contributed by atoms with Crippen molar-refractivity contribution in [2.75, 3.05) is 39.9 Å². The molecule has 1 heterocycles. The van der Waals surface area contributed by atoms with E-state index in [4.69, 9.17) is 31.2 Å². The lowest BCUT2D eigenvalue weighted by Gasteiger charge is -2.19. The molecule has 0 radical (unpaired) electrons. The van der Waals surface area contributed by atoms with E-state index >= 15 is 0 Å². The third kappa shape index (κ3) is 4.56. The number of esters is 1. The van der Waals surface area contributed by atoms with Gasteiger partial charge in [-0.15, -0.1) is 0 Å². The fourth-order valence-corrected chi connectivity index (χ4v) is 4.14. The summed E-state index contributed by atoms with van der Waals surface area (Å²) in [4.78, 5) is 28.2. The van der Waals surface area contributed by atoms with Crippen LogP contribution in [0.5, 0.6) is 17.2 Å². The third-order valence-electron chi connectivity index (χ3n) is 4.74. The molecule has 10 heteroatoms. The van der Waals surface area contributed by atoms with Crippen molar-refractivity contribution in [1.82, 2.24) is 4.90 Å². The van der Waals surface area contributed by atoms with Gasteiger partial charge in [0.1, 0.15) is 18.0 Å². The van der Waals surface area contributed by atoms with Crippen LogP contribution in [0.2, 0.25) is 0 Å². The minimum atomic E-state index is -0.531. The average molecular weight is 521 g/mol. The first-order chi connectivity index (χ1) is 15.3. The highest BCUT2D eigenvalue weighted by atomic mass is 79.9. The number of amides is 1. The molecule has 1 amide bonds. The number of methoxy groups -OCH3 is 4. The van der Waals surface area contributed by atoms with Crippen LogP contribution >= 0.6 is 28.1 Å². The van der Waals surface area contributed by atoms with Crippen LogP contribution in [0.4, 0.5) is 5.69 Å². The van der Waals surface area contributed by atoms with E-state index in [0.29, 0.717) is 33.0 Å². The minimum absolute atomic E-state index is 0.163. The minimum Gasteiger partial charge on any atom is -0.497 e. The van der Waals surface area contributed by atoms with Gasteiger partial charge in [-0.3, -0.25) is 14.5 Å². The summed E-state index contributed by atoms with van der Waals surface area (Å²) in [5.74, 6) is 0.734. The van der Waals surface area contributed by atoms with Crippen LogP contribution in [0, 0.1) is 0 Å². The van der Waals surface area contributed by atoms with Crippen LogP contribution in [0.1, 0.15) is 5.56 Å². The molecule has 1 aliphatic rings. The predicted octanol–water partition coefficient (Wildman–Crippen LogP) is 3.62. The van der Waals surface area contributed by atoms with Gasteiger partial charge in [-0.25, -0.2) is 0 Å². The van der Waals surface area contributed by atoms with Gasteiger partial charge >= 0.3 is 5.97 Å². The number of hydrogen-bond acceptors (Lipinski definition) is 7. The first-order valence-electron chi connectivity index (χ1n) is 9.34. The zero-order valence-electron chi connectivity index (χ0n) is 17.9. The SMILES string of the molecule is COC(=O)CN1C(=S)N(c2ccc(OC)cc2)C(=O)/C1=C/c1cc(Br)c(OC)c(OC)c1. The standard InChI is InChI=1S/C22H21BrN2O6S/c1-28-15-7-5-14(6-8-15)25-21(27)17(24(22(25)32)12-19(26)30-3)10-13-9-16(23)20(31-4)18(11-13)29-2/h5-11H,12H2,1-4H3/b17-10-. The summed E-state index contributed by atoms with van der Waals surface area (Å²) in [6, 6.07) is 10.4. The summed E-state index contributed by atoms with van der Waals surface area (Å²) in [5, 5.41) is 0.163. The molecule has 168 valence electrons. The van der Waals surface area contributed by atoms with Crippen LogP contribution in [0.25, 0.3) is 6.08 Å². The molecule has 2 aromatic rings. The van der Waals surface area contributed by atoms with E-state index in [2.05, 4.69) is 15.9 Å². The highest BCUT2D eigenvalue weighted by Crippen LogP contribution is 2.38. The van der Waals surface area contributed by atoms with Crippen molar-refractivity contribution in [1.29, 1.82) is 0 Å². The van der Waals surface area contributed by atoms with Crippen molar-refractivity contribution in [3.05, 3.63) is 52.1 Å². The van der Waals surface area contributed by atoms with Crippen molar-refractivity contribution in [2.24, 2.45) is 0 Å². The Balaban J connectivity index is 2.08. The summed E-state index contributed by atoms with van der Waals surface area (Å²) in [5.41, 5.74) is 1.41. The average Bonchev–Trinajstić information content (AvgIpc) is 3.02. The molecule has 2 aromatic carbocycles. The molecule has 1 aliphatic heterocycles. The molecule has 0 spiro atoms. The Morgan fingerprint density at radius 2 is 1.75 bits per heavy atom. The summed E-state index contributed by atoms with van der Waals surface area (Å²) >= 11 is 9.00. The quantitative estimate of drug-likeness (QED) is 0.311. The molecule has 1 fully saturated rings.